The standard InChI is InChI=1S/C22H24ClFN4O3/c1-14-2-3-16(23)12-19(14)27-21(30)20(29)25-13-15-8-10-28(11-9-15)22(31)26-18-6-4-17(24)5-7-18/h2-7,12,15H,8-11,13H2,1H3,(H,25,29)(H,26,31)(H,27,30). The first kappa shape index (κ1) is 22.6. The lowest BCUT2D eigenvalue weighted by molar-refractivity contribution is -0.136. The Morgan fingerprint density at radius 1 is 1.03 bits per heavy atom. The predicted octanol–water partition coefficient (Wildman–Crippen LogP) is 3.79. The Balaban J connectivity index is 1.40. The fraction of sp³-hybridized carbons (Fsp3) is 0.318. The molecule has 0 radical (unpaired) electrons. The number of benzene rings is 2. The van der Waals surface area contributed by atoms with E-state index in [0.717, 1.165) is 5.56 Å². The molecule has 0 atom stereocenters. The zero-order valence-electron chi connectivity index (χ0n) is 17.1. The summed E-state index contributed by atoms with van der Waals surface area (Å²) < 4.78 is 13.0. The van der Waals surface area contributed by atoms with Gasteiger partial charge in [-0.3, -0.25) is 9.59 Å². The summed E-state index contributed by atoms with van der Waals surface area (Å²) in [5.74, 6) is -1.66. The molecule has 31 heavy (non-hydrogen) atoms. The highest BCUT2D eigenvalue weighted by atomic mass is 35.5. The van der Waals surface area contributed by atoms with Gasteiger partial charge in [0.05, 0.1) is 0 Å². The third-order valence-electron chi connectivity index (χ3n) is 5.20. The smallest absolute Gasteiger partial charge is 0.321 e. The van der Waals surface area contributed by atoms with Crippen LogP contribution in [0.5, 0.6) is 0 Å². The van der Waals surface area contributed by atoms with E-state index in [-0.39, 0.29) is 17.8 Å². The Labute approximate surface area is 184 Å². The number of anilines is 2. The van der Waals surface area contributed by atoms with Crippen molar-refractivity contribution in [3.05, 3.63) is 58.9 Å². The van der Waals surface area contributed by atoms with Gasteiger partial charge in [-0.25, -0.2) is 9.18 Å². The maximum Gasteiger partial charge on any atom is 0.321 e. The molecule has 9 heteroatoms. The molecule has 1 aliphatic heterocycles. The molecule has 0 unspecified atom stereocenters. The van der Waals surface area contributed by atoms with Crippen LogP contribution in [0.1, 0.15) is 18.4 Å². The van der Waals surface area contributed by atoms with Gasteiger partial charge in [0.15, 0.2) is 0 Å². The maximum absolute atomic E-state index is 13.0. The maximum atomic E-state index is 13.0. The van der Waals surface area contributed by atoms with Crippen LogP contribution in [0.3, 0.4) is 0 Å². The van der Waals surface area contributed by atoms with Crippen molar-refractivity contribution >= 4 is 40.8 Å². The van der Waals surface area contributed by atoms with Crippen molar-refractivity contribution < 1.29 is 18.8 Å². The second-order valence-electron chi connectivity index (χ2n) is 7.49. The summed E-state index contributed by atoms with van der Waals surface area (Å²) in [5, 5.41) is 8.43. The summed E-state index contributed by atoms with van der Waals surface area (Å²) >= 11 is 5.93. The van der Waals surface area contributed by atoms with E-state index in [1.165, 1.54) is 24.3 Å². The molecule has 0 saturated carbocycles. The molecule has 4 amide bonds. The van der Waals surface area contributed by atoms with Gasteiger partial charge < -0.3 is 20.9 Å². The fourth-order valence-electron chi connectivity index (χ4n) is 3.30. The Hall–Kier alpha value is -3.13. The Morgan fingerprint density at radius 3 is 2.39 bits per heavy atom. The van der Waals surface area contributed by atoms with E-state index < -0.39 is 11.8 Å². The van der Waals surface area contributed by atoms with Gasteiger partial charge in [0, 0.05) is 36.0 Å². The van der Waals surface area contributed by atoms with Crippen LogP contribution in [-0.4, -0.2) is 42.4 Å². The molecular weight excluding hydrogens is 423 g/mol. The van der Waals surface area contributed by atoms with Crippen molar-refractivity contribution in [1.29, 1.82) is 0 Å². The molecule has 0 aliphatic carbocycles. The summed E-state index contributed by atoms with van der Waals surface area (Å²) in [6, 6.07) is 10.4. The highest BCUT2D eigenvalue weighted by Gasteiger charge is 2.24. The van der Waals surface area contributed by atoms with E-state index in [4.69, 9.17) is 11.6 Å². The van der Waals surface area contributed by atoms with Crippen LogP contribution in [-0.2, 0) is 9.59 Å². The number of piperidine rings is 1. The van der Waals surface area contributed by atoms with Crippen LogP contribution in [0.15, 0.2) is 42.5 Å². The van der Waals surface area contributed by atoms with Crippen LogP contribution in [0.2, 0.25) is 5.02 Å². The quantitative estimate of drug-likeness (QED) is 0.624. The Kier molecular flexibility index (Phi) is 7.46. The number of halogens is 2. The lowest BCUT2D eigenvalue weighted by Gasteiger charge is -2.32. The number of likely N-dealkylation sites (tertiary alicyclic amines) is 1. The van der Waals surface area contributed by atoms with Gasteiger partial charge in [-0.15, -0.1) is 0 Å². The summed E-state index contributed by atoms with van der Waals surface area (Å²) in [7, 11) is 0. The molecule has 2 aromatic carbocycles. The zero-order valence-corrected chi connectivity index (χ0v) is 17.8. The predicted molar refractivity (Wildman–Crippen MR) is 118 cm³/mol. The molecular formula is C22H24ClFN4O3. The molecule has 2 aromatic rings. The molecule has 1 fully saturated rings. The second-order valence-corrected chi connectivity index (χ2v) is 7.93. The number of amides is 4. The Bertz CT molecular complexity index is 960. The monoisotopic (exact) mass is 446 g/mol. The molecule has 164 valence electrons. The minimum Gasteiger partial charge on any atom is -0.348 e. The van der Waals surface area contributed by atoms with Crippen molar-refractivity contribution in [3.63, 3.8) is 0 Å². The highest BCUT2D eigenvalue weighted by molar-refractivity contribution is 6.40. The molecule has 7 nitrogen and oxygen atoms in total. The molecule has 0 spiro atoms. The zero-order chi connectivity index (χ0) is 22.4. The van der Waals surface area contributed by atoms with Crippen molar-refractivity contribution in [1.82, 2.24) is 10.2 Å². The van der Waals surface area contributed by atoms with E-state index in [1.54, 1.807) is 23.1 Å². The average molecular weight is 447 g/mol. The Morgan fingerprint density at radius 2 is 1.71 bits per heavy atom. The van der Waals surface area contributed by atoms with Gasteiger partial charge in [-0.2, -0.15) is 0 Å². The second kappa shape index (κ2) is 10.3. The molecule has 1 heterocycles. The molecule has 1 saturated heterocycles. The van der Waals surface area contributed by atoms with E-state index >= 15 is 0 Å². The highest BCUT2D eigenvalue weighted by Crippen LogP contribution is 2.20. The number of hydrogen-bond donors (Lipinski definition) is 3. The number of nitrogens with zero attached hydrogens (tertiary/aromatic N) is 1. The third kappa shape index (κ3) is 6.42. The normalized spacial score (nSPS) is 14.1. The van der Waals surface area contributed by atoms with Gasteiger partial charge in [-0.1, -0.05) is 17.7 Å². The van der Waals surface area contributed by atoms with Gasteiger partial charge >= 0.3 is 17.8 Å². The first-order chi connectivity index (χ1) is 14.8. The van der Waals surface area contributed by atoms with Gasteiger partial charge in [0.1, 0.15) is 5.82 Å². The SMILES string of the molecule is Cc1ccc(Cl)cc1NC(=O)C(=O)NCC1CCN(C(=O)Nc2ccc(F)cc2)CC1. The lowest BCUT2D eigenvalue weighted by atomic mass is 9.97. The number of hydrogen-bond acceptors (Lipinski definition) is 3. The van der Waals surface area contributed by atoms with E-state index in [1.807, 2.05) is 6.92 Å². The van der Waals surface area contributed by atoms with E-state index in [9.17, 15) is 18.8 Å². The van der Waals surface area contributed by atoms with Crippen LogP contribution >= 0.6 is 11.6 Å². The van der Waals surface area contributed by atoms with Crippen molar-refractivity contribution in [2.75, 3.05) is 30.3 Å². The van der Waals surface area contributed by atoms with Crippen LogP contribution in [0.25, 0.3) is 0 Å². The van der Waals surface area contributed by atoms with E-state index in [0.29, 0.717) is 48.9 Å². The number of nitrogens with one attached hydrogen (secondary N) is 3. The number of carbonyl (C=O) groups excluding carboxylic acids is 3. The van der Waals surface area contributed by atoms with Gasteiger partial charge in [0.2, 0.25) is 0 Å². The topological polar surface area (TPSA) is 90.5 Å². The minimum absolute atomic E-state index is 0.166. The third-order valence-corrected chi connectivity index (χ3v) is 5.44. The molecule has 3 N–H and O–H groups in total. The first-order valence-corrected chi connectivity index (χ1v) is 10.4. The number of carbonyl (C=O) groups is 3. The van der Waals surface area contributed by atoms with Crippen molar-refractivity contribution in [2.45, 2.75) is 19.8 Å². The molecule has 3 rings (SSSR count). The summed E-state index contributed by atoms with van der Waals surface area (Å²) in [6.45, 7) is 3.22. The summed E-state index contributed by atoms with van der Waals surface area (Å²) in [5.41, 5.74) is 1.83. The largest absolute Gasteiger partial charge is 0.348 e. The van der Waals surface area contributed by atoms with E-state index in [2.05, 4.69) is 16.0 Å². The minimum atomic E-state index is -0.749. The van der Waals surface area contributed by atoms with Crippen LogP contribution in [0.4, 0.5) is 20.6 Å². The fourth-order valence-corrected chi connectivity index (χ4v) is 3.47. The van der Waals surface area contributed by atoms with Crippen molar-refractivity contribution in [2.24, 2.45) is 5.92 Å². The first-order valence-electron chi connectivity index (χ1n) is 9.98. The molecule has 0 bridgehead atoms. The number of rotatable bonds is 4. The number of urea groups is 1. The van der Waals surface area contributed by atoms with Crippen LogP contribution in [0, 0.1) is 18.7 Å². The summed E-state index contributed by atoms with van der Waals surface area (Å²) in [4.78, 5) is 38.3. The molecule has 1 aliphatic rings. The average Bonchev–Trinajstić information content (AvgIpc) is 2.76. The van der Waals surface area contributed by atoms with Gasteiger partial charge in [-0.05, 0) is 67.6 Å². The van der Waals surface area contributed by atoms with Crippen LogP contribution < -0.4 is 16.0 Å². The van der Waals surface area contributed by atoms with Crippen molar-refractivity contribution in [3.8, 4) is 0 Å². The van der Waals surface area contributed by atoms with Gasteiger partial charge in [0.25, 0.3) is 0 Å². The molecule has 0 aromatic heterocycles. The lowest BCUT2D eigenvalue weighted by Crippen LogP contribution is -2.44. The number of aryl methyl sites for hydroxylation is 1. The summed E-state index contributed by atoms with van der Waals surface area (Å²) in [6.07, 6.45) is 1.40.